The third-order valence-corrected chi connectivity index (χ3v) is 7.82. The Kier molecular flexibility index (Phi) is 11.3. The molecule has 1 atom stereocenters. The van der Waals surface area contributed by atoms with E-state index < -0.39 is 16.1 Å². The number of benzene rings is 1. The molecule has 1 fully saturated rings. The lowest BCUT2D eigenvalue weighted by atomic mass is 9.91. The third kappa shape index (κ3) is 8.69. The maximum absolute atomic E-state index is 12.4. The molecular formula is C23H31Cl2N7O4S. The first-order valence-corrected chi connectivity index (χ1v) is 13.7. The van der Waals surface area contributed by atoms with Crippen molar-refractivity contribution in [3.8, 4) is 11.8 Å². The van der Waals surface area contributed by atoms with E-state index in [1.165, 1.54) is 30.1 Å². The molecule has 1 aromatic carbocycles. The van der Waals surface area contributed by atoms with Gasteiger partial charge in [-0.3, -0.25) is 5.32 Å². The van der Waals surface area contributed by atoms with Crippen LogP contribution in [0.4, 0.5) is 16.3 Å². The van der Waals surface area contributed by atoms with Crippen LogP contribution in [-0.4, -0.2) is 67.8 Å². The quantitative estimate of drug-likeness (QED) is 0.415. The lowest BCUT2D eigenvalue weighted by Crippen LogP contribution is -2.44. The van der Waals surface area contributed by atoms with Crippen LogP contribution in [0.3, 0.4) is 0 Å². The summed E-state index contributed by atoms with van der Waals surface area (Å²) in [7, 11) is -1.62. The van der Waals surface area contributed by atoms with E-state index in [-0.39, 0.29) is 30.0 Å². The summed E-state index contributed by atoms with van der Waals surface area (Å²) in [6.45, 7) is 3.91. The molecule has 14 heteroatoms. The van der Waals surface area contributed by atoms with Crippen molar-refractivity contribution in [1.82, 2.24) is 19.6 Å². The number of methoxy groups -OCH3 is 1. The van der Waals surface area contributed by atoms with Crippen molar-refractivity contribution in [2.75, 3.05) is 43.6 Å². The van der Waals surface area contributed by atoms with Gasteiger partial charge >= 0.3 is 6.03 Å². The summed E-state index contributed by atoms with van der Waals surface area (Å²) < 4.78 is 30.4. The highest BCUT2D eigenvalue weighted by Gasteiger charge is 2.27. The number of carbonyl (C=O) groups excluding carboxylic acids is 1. The minimum Gasteiger partial charge on any atom is -0.495 e. The molecule has 2 heterocycles. The summed E-state index contributed by atoms with van der Waals surface area (Å²) in [6.07, 6.45) is 6.10. The molecule has 3 rings (SSSR count). The van der Waals surface area contributed by atoms with Gasteiger partial charge in [-0.1, -0.05) is 11.6 Å². The van der Waals surface area contributed by atoms with Gasteiger partial charge in [0.05, 0.1) is 31.4 Å². The Morgan fingerprint density at radius 1 is 1.27 bits per heavy atom. The number of piperidine rings is 1. The van der Waals surface area contributed by atoms with E-state index in [0.29, 0.717) is 48.4 Å². The van der Waals surface area contributed by atoms with Crippen LogP contribution in [0.5, 0.6) is 5.75 Å². The Morgan fingerprint density at radius 3 is 2.54 bits per heavy atom. The molecule has 1 saturated heterocycles. The summed E-state index contributed by atoms with van der Waals surface area (Å²) in [5.41, 5.74) is 1.40. The largest absolute Gasteiger partial charge is 0.495 e. The van der Waals surface area contributed by atoms with Gasteiger partial charge in [-0.15, -0.1) is 12.4 Å². The third-order valence-electron chi connectivity index (χ3n) is 6.16. The first-order chi connectivity index (χ1) is 17.1. The van der Waals surface area contributed by atoms with E-state index in [1.54, 1.807) is 12.1 Å². The molecule has 202 valence electrons. The fourth-order valence-corrected chi connectivity index (χ4v) is 5.21. The van der Waals surface area contributed by atoms with Crippen molar-refractivity contribution in [2.45, 2.75) is 32.2 Å². The summed E-state index contributed by atoms with van der Waals surface area (Å²) in [6, 6.07) is 4.95. The highest BCUT2D eigenvalue weighted by molar-refractivity contribution is 7.88. The molecule has 0 radical (unpaired) electrons. The first kappa shape index (κ1) is 30.5. The number of carbonyl (C=O) groups is 1. The molecule has 0 bridgehead atoms. The van der Waals surface area contributed by atoms with Crippen LogP contribution in [0.15, 0.2) is 24.5 Å². The number of halogens is 2. The lowest BCUT2D eigenvalue weighted by Gasteiger charge is -2.34. The molecule has 37 heavy (non-hydrogen) atoms. The van der Waals surface area contributed by atoms with Gasteiger partial charge in [0.15, 0.2) is 11.5 Å². The fourth-order valence-electron chi connectivity index (χ4n) is 4.08. The van der Waals surface area contributed by atoms with Crippen LogP contribution < -0.4 is 20.7 Å². The lowest BCUT2D eigenvalue weighted by molar-refractivity contribution is 0.232. The molecular weight excluding hydrogens is 541 g/mol. The number of hydrogen-bond acceptors (Lipinski definition) is 8. The highest BCUT2D eigenvalue weighted by atomic mass is 35.5. The van der Waals surface area contributed by atoms with Crippen molar-refractivity contribution in [3.63, 3.8) is 0 Å². The molecule has 2 aromatic rings. The number of sulfonamides is 1. The molecule has 0 aliphatic carbocycles. The maximum atomic E-state index is 12.4. The standard InChI is InChI=1S/C23H30ClN7O4S.ClH/c1-15(16-5-8-31(9-6-16)36(3,33)34)26-7-4-17-10-21(35-2)20(11-19(17)24)29-23(32)30-22-14-27-18(12-25)13-28-22;/h10-11,13-16,26H,4-9H2,1-3H3,(H2,28,29,30,32);1H/t15-;/m0./s1. The molecule has 11 nitrogen and oxygen atoms in total. The van der Waals surface area contributed by atoms with Crippen LogP contribution >= 0.6 is 24.0 Å². The Labute approximate surface area is 228 Å². The van der Waals surface area contributed by atoms with E-state index in [0.717, 1.165) is 18.4 Å². The van der Waals surface area contributed by atoms with Gasteiger partial charge in [0.1, 0.15) is 11.8 Å². The number of amides is 2. The molecule has 0 unspecified atom stereocenters. The minimum absolute atomic E-state index is 0. The Balaban J connectivity index is 0.00000481. The van der Waals surface area contributed by atoms with E-state index in [4.69, 9.17) is 21.6 Å². The monoisotopic (exact) mass is 571 g/mol. The Hall–Kier alpha value is -2.69. The van der Waals surface area contributed by atoms with Crippen LogP contribution in [0.2, 0.25) is 5.02 Å². The van der Waals surface area contributed by atoms with Gasteiger partial charge in [0.2, 0.25) is 10.0 Å². The molecule has 1 aliphatic rings. The second-order valence-corrected chi connectivity index (χ2v) is 11.0. The fraction of sp³-hybridized carbons (Fsp3) is 0.478. The molecule has 0 spiro atoms. The van der Waals surface area contributed by atoms with Crippen molar-refractivity contribution < 1.29 is 17.9 Å². The average molecular weight is 573 g/mol. The molecule has 1 aromatic heterocycles. The van der Waals surface area contributed by atoms with Gasteiger partial charge in [-0.05, 0) is 56.3 Å². The predicted molar refractivity (Wildman–Crippen MR) is 145 cm³/mol. The molecule has 0 saturated carbocycles. The number of nitrogens with zero attached hydrogens (tertiary/aromatic N) is 4. The minimum atomic E-state index is -3.13. The second kappa shape index (κ2) is 13.7. The first-order valence-electron chi connectivity index (χ1n) is 11.5. The van der Waals surface area contributed by atoms with Gasteiger partial charge in [0, 0.05) is 24.2 Å². The number of ether oxygens (including phenoxy) is 1. The van der Waals surface area contributed by atoms with Crippen LogP contribution in [0.1, 0.15) is 31.0 Å². The van der Waals surface area contributed by atoms with Gasteiger partial charge < -0.3 is 15.4 Å². The summed E-state index contributed by atoms with van der Waals surface area (Å²) >= 11 is 6.49. The zero-order valence-electron chi connectivity index (χ0n) is 20.8. The van der Waals surface area contributed by atoms with Crippen molar-refractivity contribution in [2.24, 2.45) is 5.92 Å². The predicted octanol–water partition coefficient (Wildman–Crippen LogP) is 3.27. The summed E-state index contributed by atoms with van der Waals surface area (Å²) in [5, 5.41) is 18.0. The SMILES string of the molecule is COc1cc(CCN[C@@H](C)C2CCN(S(C)(=O)=O)CC2)c(Cl)cc1NC(=O)Nc1cnc(C#N)cn1.Cl. The van der Waals surface area contributed by atoms with Crippen LogP contribution in [0, 0.1) is 17.2 Å². The van der Waals surface area contributed by atoms with Crippen LogP contribution in [-0.2, 0) is 16.4 Å². The number of anilines is 2. The maximum Gasteiger partial charge on any atom is 0.325 e. The van der Waals surface area contributed by atoms with Crippen molar-refractivity contribution >= 4 is 51.6 Å². The number of hydrogen-bond donors (Lipinski definition) is 3. The van der Waals surface area contributed by atoms with E-state index in [9.17, 15) is 13.2 Å². The van der Waals surface area contributed by atoms with Gasteiger partial charge in [0.25, 0.3) is 0 Å². The van der Waals surface area contributed by atoms with Gasteiger partial charge in [-0.2, -0.15) is 5.26 Å². The Bertz CT molecular complexity index is 1210. The average Bonchev–Trinajstić information content (AvgIpc) is 2.85. The van der Waals surface area contributed by atoms with Gasteiger partial charge in [-0.25, -0.2) is 27.5 Å². The van der Waals surface area contributed by atoms with Crippen LogP contribution in [0.25, 0.3) is 0 Å². The van der Waals surface area contributed by atoms with E-state index >= 15 is 0 Å². The zero-order chi connectivity index (χ0) is 26.3. The normalized spacial score (nSPS) is 15.2. The molecule has 2 amide bonds. The number of nitrogens with one attached hydrogen (secondary N) is 3. The van der Waals surface area contributed by atoms with E-state index in [1.807, 2.05) is 6.07 Å². The summed E-state index contributed by atoms with van der Waals surface area (Å²) in [5.74, 6) is 1.05. The zero-order valence-corrected chi connectivity index (χ0v) is 23.2. The smallest absolute Gasteiger partial charge is 0.325 e. The molecule has 1 aliphatic heterocycles. The number of rotatable bonds is 9. The van der Waals surface area contributed by atoms with E-state index in [2.05, 4.69) is 32.8 Å². The number of urea groups is 1. The Morgan fingerprint density at radius 2 is 1.97 bits per heavy atom. The van der Waals surface area contributed by atoms with Crippen molar-refractivity contribution in [3.05, 3.63) is 40.8 Å². The summed E-state index contributed by atoms with van der Waals surface area (Å²) in [4.78, 5) is 20.2. The number of nitriles is 1. The highest BCUT2D eigenvalue weighted by Crippen LogP contribution is 2.32. The number of aromatic nitrogens is 2. The second-order valence-electron chi connectivity index (χ2n) is 8.61. The molecule has 3 N–H and O–H groups in total. The topological polar surface area (TPSA) is 149 Å². The van der Waals surface area contributed by atoms with Crippen molar-refractivity contribution in [1.29, 1.82) is 5.26 Å².